The maximum absolute atomic E-state index is 12.6. The lowest BCUT2D eigenvalue weighted by Crippen LogP contribution is -2.41. The third-order valence-electron chi connectivity index (χ3n) is 4.86. The number of sulfonamides is 1. The van der Waals surface area contributed by atoms with Gasteiger partial charge in [-0.1, -0.05) is 6.07 Å². The Labute approximate surface area is 182 Å². The van der Waals surface area contributed by atoms with E-state index in [0.29, 0.717) is 24.1 Å². The van der Waals surface area contributed by atoms with Gasteiger partial charge in [0.1, 0.15) is 5.69 Å². The molecule has 12 heteroatoms. The molecule has 2 N–H and O–H groups in total. The Morgan fingerprint density at radius 3 is 2.41 bits per heavy atom. The van der Waals surface area contributed by atoms with Crippen LogP contribution < -0.4 is 14.9 Å². The predicted molar refractivity (Wildman–Crippen MR) is 110 cm³/mol. The van der Waals surface area contributed by atoms with Crippen molar-refractivity contribution in [2.24, 2.45) is 0 Å². The Hall–Kier alpha value is -3.15. The van der Waals surface area contributed by atoms with E-state index < -0.39 is 27.8 Å². The van der Waals surface area contributed by atoms with Gasteiger partial charge < -0.3 is 10.6 Å². The number of halogens is 3. The number of nitrogens with one attached hydrogen (secondary N) is 2. The summed E-state index contributed by atoms with van der Waals surface area (Å²) >= 11 is 0. The zero-order valence-electron chi connectivity index (χ0n) is 17.0. The fourth-order valence-corrected chi connectivity index (χ4v) is 4.16. The summed E-state index contributed by atoms with van der Waals surface area (Å²) in [5.74, 6) is -0.607. The minimum Gasteiger partial charge on any atom is -0.352 e. The molecule has 2 heterocycles. The zero-order chi connectivity index (χ0) is 23.5. The second-order valence-corrected chi connectivity index (χ2v) is 9.28. The van der Waals surface area contributed by atoms with Crippen LogP contribution in [0.15, 0.2) is 42.6 Å². The van der Waals surface area contributed by atoms with Crippen molar-refractivity contribution < 1.29 is 31.2 Å². The Morgan fingerprint density at radius 2 is 1.91 bits per heavy atom. The SMILES string of the molecule is CS(=O)(=O)N(C[C@H]1CCC(=O)N1)c1ccc(C(=O)NCc2ccc(C(F)(F)F)nc2)cc1. The molecule has 32 heavy (non-hydrogen) atoms. The van der Waals surface area contributed by atoms with Crippen LogP contribution in [0.5, 0.6) is 0 Å². The largest absolute Gasteiger partial charge is 0.433 e. The number of alkyl halides is 3. The number of hydrogen-bond donors (Lipinski definition) is 2. The Balaban J connectivity index is 1.64. The van der Waals surface area contributed by atoms with E-state index in [2.05, 4.69) is 15.6 Å². The van der Waals surface area contributed by atoms with Gasteiger partial charge in [0, 0.05) is 30.8 Å². The van der Waals surface area contributed by atoms with Crippen LogP contribution >= 0.6 is 0 Å². The molecule has 0 aliphatic carbocycles. The molecule has 172 valence electrons. The van der Waals surface area contributed by atoms with Gasteiger partial charge in [0.05, 0.1) is 18.5 Å². The van der Waals surface area contributed by atoms with Crippen LogP contribution in [0, 0.1) is 0 Å². The molecule has 1 aliphatic heterocycles. The van der Waals surface area contributed by atoms with Gasteiger partial charge >= 0.3 is 6.18 Å². The van der Waals surface area contributed by atoms with Crippen LogP contribution in [-0.2, 0) is 27.5 Å². The smallest absolute Gasteiger partial charge is 0.352 e. The van der Waals surface area contributed by atoms with Gasteiger partial charge in [0.25, 0.3) is 5.91 Å². The summed E-state index contributed by atoms with van der Waals surface area (Å²) in [6.45, 7) is 0.0552. The van der Waals surface area contributed by atoms with E-state index in [4.69, 9.17) is 0 Å². The fraction of sp³-hybridized carbons (Fsp3) is 0.350. The second kappa shape index (κ2) is 9.15. The van der Waals surface area contributed by atoms with E-state index in [-0.39, 0.29) is 30.6 Å². The summed E-state index contributed by atoms with van der Waals surface area (Å²) in [7, 11) is -3.62. The lowest BCUT2D eigenvalue weighted by atomic mass is 10.1. The van der Waals surface area contributed by atoms with Crippen molar-refractivity contribution in [2.75, 3.05) is 17.1 Å². The van der Waals surface area contributed by atoms with E-state index in [1.165, 1.54) is 34.6 Å². The van der Waals surface area contributed by atoms with Crippen LogP contribution in [0.3, 0.4) is 0 Å². The molecule has 1 aromatic carbocycles. The van der Waals surface area contributed by atoms with Crippen molar-refractivity contribution >= 4 is 27.5 Å². The average molecular weight is 470 g/mol. The number of carbonyl (C=O) groups excluding carboxylic acids is 2. The standard InChI is InChI=1S/C20H21F3N4O4S/c1-32(30,31)27(12-15-5-9-18(28)26-15)16-6-3-14(4-7-16)19(29)25-11-13-2-8-17(24-10-13)20(21,22)23/h2-4,6-8,10,15H,5,9,11-12H2,1H3,(H,25,29)(H,26,28)/t15-/m1/s1. The highest BCUT2D eigenvalue weighted by atomic mass is 32.2. The number of benzene rings is 1. The molecule has 0 spiro atoms. The molecular weight excluding hydrogens is 449 g/mol. The minimum absolute atomic E-state index is 0.0252. The molecule has 1 aliphatic rings. The van der Waals surface area contributed by atoms with Crippen molar-refractivity contribution in [3.8, 4) is 0 Å². The molecule has 0 radical (unpaired) electrons. The molecule has 3 rings (SSSR count). The first-order chi connectivity index (χ1) is 14.9. The minimum atomic E-state index is -4.53. The number of rotatable bonds is 7. The molecule has 0 bridgehead atoms. The topological polar surface area (TPSA) is 108 Å². The van der Waals surface area contributed by atoms with E-state index in [9.17, 15) is 31.2 Å². The van der Waals surface area contributed by atoms with E-state index in [1.807, 2.05) is 0 Å². The van der Waals surface area contributed by atoms with Gasteiger partial charge in [0.15, 0.2) is 0 Å². The van der Waals surface area contributed by atoms with Crippen molar-refractivity contribution in [3.05, 3.63) is 59.4 Å². The van der Waals surface area contributed by atoms with Crippen molar-refractivity contribution in [1.82, 2.24) is 15.6 Å². The fourth-order valence-electron chi connectivity index (χ4n) is 3.21. The Bertz CT molecular complexity index is 1090. The summed E-state index contributed by atoms with van der Waals surface area (Å²) in [4.78, 5) is 27.1. The monoisotopic (exact) mass is 470 g/mol. The maximum atomic E-state index is 12.6. The van der Waals surface area contributed by atoms with Gasteiger partial charge in [-0.2, -0.15) is 13.2 Å². The average Bonchev–Trinajstić information content (AvgIpc) is 3.14. The first kappa shape index (κ1) is 23.5. The van der Waals surface area contributed by atoms with Crippen LogP contribution in [0.1, 0.15) is 34.5 Å². The number of aromatic nitrogens is 1. The number of amides is 2. The highest BCUT2D eigenvalue weighted by Gasteiger charge is 2.32. The van der Waals surface area contributed by atoms with E-state index in [1.54, 1.807) is 0 Å². The highest BCUT2D eigenvalue weighted by Crippen LogP contribution is 2.27. The number of nitrogens with zero attached hydrogens (tertiary/aromatic N) is 2. The van der Waals surface area contributed by atoms with Crippen molar-refractivity contribution in [2.45, 2.75) is 31.6 Å². The number of anilines is 1. The van der Waals surface area contributed by atoms with Crippen LogP contribution in [0.25, 0.3) is 0 Å². The lowest BCUT2D eigenvalue weighted by molar-refractivity contribution is -0.141. The molecule has 2 aromatic rings. The van der Waals surface area contributed by atoms with Crippen molar-refractivity contribution in [3.63, 3.8) is 0 Å². The van der Waals surface area contributed by atoms with Gasteiger partial charge in [-0.15, -0.1) is 0 Å². The van der Waals surface area contributed by atoms with Gasteiger partial charge in [-0.05, 0) is 42.3 Å². The van der Waals surface area contributed by atoms with E-state index in [0.717, 1.165) is 18.5 Å². The van der Waals surface area contributed by atoms with Gasteiger partial charge in [0.2, 0.25) is 15.9 Å². The molecular formula is C20H21F3N4O4S. The summed E-state index contributed by atoms with van der Waals surface area (Å²) in [6.07, 6.45) is -1.56. The third-order valence-corrected chi connectivity index (χ3v) is 6.02. The number of carbonyl (C=O) groups is 2. The molecule has 1 aromatic heterocycles. The van der Waals surface area contributed by atoms with Gasteiger partial charge in [-0.3, -0.25) is 18.9 Å². The molecule has 1 saturated heterocycles. The molecule has 1 atom stereocenters. The second-order valence-electron chi connectivity index (χ2n) is 7.38. The molecule has 0 saturated carbocycles. The third kappa shape index (κ3) is 5.96. The summed E-state index contributed by atoms with van der Waals surface area (Å²) in [5, 5.41) is 5.30. The van der Waals surface area contributed by atoms with Crippen LogP contribution in [0.2, 0.25) is 0 Å². The quantitative estimate of drug-likeness (QED) is 0.644. The molecule has 8 nitrogen and oxygen atoms in total. The molecule has 1 fully saturated rings. The Kier molecular flexibility index (Phi) is 6.72. The first-order valence-corrected chi connectivity index (χ1v) is 11.5. The van der Waals surface area contributed by atoms with Crippen molar-refractivity contribution in [1.29, 1.82) is 0 Å². The van der Waals surface area contributed by atoms with E-state index >= 15 is 0 Å². The highest BCUT2D eigenvalue weighted by molar-refractivity contribution is 7.92. The molecule has 0 unspecified atom stereocenters. The number of pyridine rings is 1. The van der Waals surface area contributed by atoms with Crippen LogP contribution in [0.4, 0.5) is 18.9 Å². The van der Waals surface area contributed by atoms with Gasteiger partial charge in [-0.25, -0.2) is 8.42 Å². The summed E-state index contributed by atoms with van der Waals surface area (Å²) in [5.41, 5.74) is -0.0334. The normalized spacial score (nSPS) is 16.5. The Morgan fingerprint density at radius 1 is 1.22 bits per heavy atom. The maximum Gasteiger partial charge on any atom is 0.433 e. The summed E-state index contributed by atoms with van der Waals surface area (Å²) < 4.78 is 63.3. The zero-order valence-corrected chi connectivity index (χ0v) is 17.8. The van der Waals surface area contributed by atoms with Crippen LogP contribution in [-0.4, -0.2) is 44.1 Å². The molecule has 2 amide bonds. The predicted octanol–water partition coefficient (Wildman–Crippen LogP) is 2.08. The lowest BCUT2D eigenvalue weighted by Gasteiger charge is -2.25. The number of hydrogen-bond acceptors (Lipinski definition) is 5. The summed E-state index contributed by atoms with van der Waals surface area (Å²) in [6, 6.07) is 7.62. The first-order valence-electron chi connectivity index (χ1n) is 9.61.